The van der Waals surface area contributed by atoms with Gasteiger partial charge in [0, 0.05) is 12.8 Å². The van der Waals surface area contributed by atoms with Crippen molar-refractivity contribution < 1.29 is 34.1 Å². The molecule has 0 aliphatic carbocycles. The zero-order valence-electron chi connectivity index (χ0n) is 32.4. The van der Waals surface area contributed by atoms with Crippen LogP contribution in [0.5, 0.6) is 0 Å². The minimum Gasteiger partial charge on any atom is -0.480 e. The first-order valence-electron chi connectivity index (χ1n) is 20.9. The normalized spacial score (nSPS) is 12.4. The van der Waals surface area contributed by atoms with Crippen LogP contribution in [-0.2, 0) is 23.9 Å². The predicted octanol–water partition coefficient (Wildman–Crippen LogP) is 9.71. The van der Waals surface area contributed by atoms with Crippen molar-refractivity contribution in [2.75, 3.05) is 13.2 Å². The number of carbonyl (C=O) groups excluding carboxylic acids is 3. The van der Waals surface area contributed by atoms with Gasteiger partial charge >= 0.3 is 11.9 Å². The van der Waals surface area contributed by atoms with Crippen LogP contribution in [0.1, 0.15) is 213 Å². The first kappa shape index (κ1) is 47.8. The maximum Gasteiger partial charge on any atom is 0.328 e. The third-order valence-electron chi connectivity index (χ3n) is 9.60. The molecule has 0 aromatic carbocycles. The van der Waals surface area contributed by atoms with Crippen molar-refractivity contribution in [2.24, 2.45) is 0 Å². The van der Waals surface area contributed by atoms with Crippen LogP contribution in [0.15, 0.2) is 0 Å². The number of aliphatic hydroxyl groups is 1. The number of ether oxygens (including phenoxy) is 1. The summed E-state index contributed by atoms with van der Waals surface area (Å²) in [6.45, 7) is 3.43. The van der Waals surface area contributed by atoms with Gasteiger partial charge < -0.3 is 25.6 Å². The summed E-state index contributed by atoms with van der Waals surface area (Å²) in [6, 6.07) is -1.38. The lowest BCUT2D eigenvalue weighted by atomic mass is 10.0. The Hall–Kier alpha value is -2.16. The summed E-state index contributed by atoms with van der Waals surface area (Å²) in [6.07, 6.45) is 35.9. The smallest absolute Gasteiger partial charge is 0.328 e. The van der Waals surface area contributed by atoms with Gasteiger partial charge in [-0.15, -0.1) is 0 Å². The molecule has 0 rings (SSSR count). The molecule has 9 heteroatoms. The third kappa shape index (κ3) is 33.0. The Morgan fingerprint density at radius 1 is 0.520 bits per heavy atom. The fourth-order valence-electron chi connectivity index (χ4n) is 6.36. The molecule has 0 radical (unpaired) electrons. The Labute approximate surface area is 306 Å². The summed E-state index contributed by atoms with van der Waals surface area (Å²) in [4.78, 5) is 47.3. The molecule has 0 aromatic rings. The number of nitrogens with one attached hydrogen (secondary N) is 2. The molecule has 0 aromatic heterocycles. The second-order valence-electron chi connectivity index (χ2n) is 14.4. The van der Waals surface area contributed by atoms with E-state index in [4.69, 9.17) is 14.9 Å². The van der Waals surface area contributed by atoms with E-state index in [1.807, 2.05) is 0 Å². The number of hydrogen-bond acceptors (Lipinski definition) is 6. The largest absolute Gasteiger partial charge is 0.480 e. The molecule has 0 aliphatic heterocycles. The summed E-state index contributed by atoms with van der Waals surface area (Å²) in [5.74, 6) is -2.32. The van der Waals surface area contributed by atoms with Crippen LogP contribution in [0.4, 0.5) is 0 Å². The van der Waals surface area contributed by atoms with Crippen molar-refractivity contribution in [3.05, 3.63) is 0 Å². The zero-order valence-corrected chi connectivity index (χ0v) is 32.4. The average molecular weight is 711 g/mol. The molecule has 2 unspecified atom stereocenters. The number of amides is 2. The molecule has 0 saturated heterocycles. The molecule has 0 bridgehead atoms. The molecular formula is C41H78N2O7. The maximum atomic E-state index is 12.6. The average Bonchev–Trinajstić information content (AvgIpc) is 3.10. The summed E-state index contributed by atoms with van der Waals surface area (Å²) in [7, 11) is 0. The number of aliphatic carboxylic acids is 1. The molecule has 4 N–H and O–H groups in total. The van der Waals surface area contributed by atoms with Gasteiger partial charge in [0.25, 0.3) is 0 Å². The zero-order chi connectivity index (χ0) is 36.9. The first-order chi connectivity index (χ1) is 24.3. The summed E-state index contributed by atoms with van der Waals surface area (Å²) in [5, 5.41) is 22.5. The minimum absolute atomic E-state index is 0.0324. The van der Waals surface area contributed by atoms with Crippen molar-refractivity contribution in [2.45, 2.75) is 225 Å². The van der Waals surface area contributed by atoms with Crippen molar-refractivity contribution in [3.63, 3.8) is 0 Å². The van der Waals surface area contributed by atoms with Gasteiger partial charge in [-0.25, -0.2) is 4.79 Å². The molecule has 9 nitrogen and oxygen atoms in total. The minimum atomic E-state index is -1.38. The Kier molecular flexibility index (Phi) is 35.0. The second-order valence-corrected chi connectivity index (χ2v) is 14.4. The Bertz CT molecular complexity index is 823. The molecule has 0 aliphatic rings. The van der Waals surface area contributed by atoms with Gasteiger partial charge in [-0.1, -0.05) is 162 Å². The van der Waals surface area contributed by atoms with Gasteiger partial charge in [0.2, 0.25) is 11.8 Å². The lowest BCUT2D eigenvalue weighted by Crippen LogP contribution is -2.47. The van der Waals surface area contributed by atoms with Crippen LogP contribution < -0.4 is 10.6 Å². The van der Waals surface area contributed by atoms with Gasteiger partial charge in [-0.3, -0.25) is 14.4 Å². The van der Waals surface area contributed by atoms with E-state index < -0.39 is 24.5 Å². The molecule has 0 saturated carbocycles. The predicted molar refractivity (Wildman–Crippen MR) is 204 cm³/mol. The van der Waals surface area contributed by atoms with Crippen molar-refractivity contribution in [1.82, 2.24) is 10.6 Å². The number of rotatable bonds is 38. The molecule has 0 spiro atoms. The Morgan fingerprint density at radius 2 is 0.900 bits per heavy atom. The van der Waals surface area contributed by atoms with E-state index in [1.165, 1.54) is 122 Å². The topological polar surface area (TPSA) is 142 Å². The van der Waals surface area contributed by atoms with Crippen molar-refractivity contribution in [3.8, 4) is 0 Å². The molecule has 2 amide bonds. The van der Waals surface area contributed by atoms with E-state index in [9.17, 15) is 19.2 Å². The number of esters is 1. The molecular weight excluding hydrogens is 632 g/mol. The molecule has 2 atom stereocenters. The van der Waals surface area contributed by atoms with E-state index in [-0.39, 0.29) is 30.9 Å². The highest BCUT2D eigenvalue weighted by molar-refractivity contribution is 5.87. The highest BCUT2D eigenvalue weighted by Gasteiger charge is 2.19. The second kappa shape index (κ2) is 36.6. The maximum absolute atomic E-state index is 12.6. The van der Waals surface area contributed by atoms with E-state index in [2.05, 4.69) is 24.5 Å². The molecule has 50 heavy (non-hydrogen) atoms. The number of carboxylic acid groups (broad SMARTS) is 1. The lowest BCUT2D eigenvalue weighted by Gasteiger charge is -2.18. The Morgan fingerprint density at radius 3 is 1.32 bits per heavy atom. The summed E-state index contributed by atoms with van der Waals surface area (Å²) < 4.78 is 5.92. The number of unbranched alkanes of at least 4 members (excludes halogenated alkanes) is 24. The van der Waals surface area contributed by atoms with E-state index in [1.54, 1.807) is 0 Å². The standard InChI is InChI=1S/C41H78N2O7/c1-3-5-7-9-10-11-12-13-14-15-16-17-18-19-20-21-22-23-29-33-40(47)50-36(30-26-8-6-4-2)31-27-24-25-28-32-38(45)42-34-39(46)43-37(35-44)41(48)49/h36-37,44H,3-35H2,1-2H3,(H,42,45)(H,43,46)(H,48,49). The van der Waals surface area contributed by atoms with Gasteiger partial charge in [-0.2, -0.15) is 0 Å². The van der Waals surface area contributed by atoms with Crippen molar-refractivity contribution in [1.29, 1.82) is 0 Å². The highest BCUT2D eigenvalue weighted by atomic mass is 16.5. The van der Waals surface area contributed by atoms with E-state index in [0.717, 1.165) is 57.8 Å². The summed E-state index contributed by atoms with van der Waals surface area (Å²) in [5.41, 5.74) is 0. The van der Waals surface area contributed by atoms with Gasteiger partial charge in [0.1, 0.15) is 12.1 Å². The van der Waals surface area contributed by atoms with Crippen LogP contribution in [0, 0.1) is 0 Å². The number of carbonyl (C=O) groups is 4. The van der Waals surface area contributed by atoms with Gasteiger partial charge in [-0.05, 0) is 38.5 Å². The fourth-order valence-corrected chi connectivity index (χ4v) is 6.36. The summed E-state index contributed by atoms with van der Waals surface area (Å²) >= 11 is 0. The van der Waals surface area contributed by atoms with Crippen molar-refractivity contribution >= 4 is 23.8 Å². The molecule has 0 fully saturated rings. The van der Waals surface area contributed by atoms with E-state index >= 15 is 0 Å². The number of aliphatic hydroxyl groups excluding tert-OH is 1. The van der Waals surface area contributed by atoms with E-state index in [0.29, 0.717) is 12.8 Å². The van der Waals surface area contributed by atoms with Gasteiger partial charge in [0.15, 0.2) is 0 Å². The van der Waals surface area contributed by atoms with Crippen LogP contribution in [-0.4, -0.2) is 59.3 Å². The van der Waals surface area contributed by atoms with Crippen LogP contribution >= 0.6 is 0 Å². The Balaban J connectivity index is 3.90. The first-order valence-corrected chi connectivity index (χ1v) is 20.9. The molecule has 0 heterocycles. The monoisotopic (exact) mass is 711 g/mol. The van der Waals surface area contributed by atoms with Crippen LogP contribution in [0.25, 0.3) is 0 Å². The number of carboxylic acids is 1. The van der Waals surface area contributed by atoms with Crippen LogP contribution in [0.2, 0.25) is 0 Å². The van der Waals surface area contributed by atoms with Gasteiger partial charge in [0.05, 0.1) is 13.2 Å². The third-order valence-corrected chi connectivity index (χ3v) is 9.60. The highest BCUT2D eigenvalue weighted by Crippen LogP contribution is 2.18. The quantitative estimate of drug-likeness (QED) is 0.0369. The van der Waals surface area contributed by atoms with Crippen LogP contribution in [0.3, 0.4) is 0 Å². The lowest BCUT2D eigenvalue weighted by molar-refractivity contribution is -0.150. The fraction of sp³-hybridized carbons (Fsp3) is 0.902. The SMILES string of the molecule is CCCCCCCCCCCCCCCCCCCCCC(=O)OC(CCCCCC)CCCCCCC(=O)NCC(=O)NC(CO)C(=O)O. The number of hydrogen-bond donors (Lipinski definition) is 4. The molecule has 294 valence electrons.